The molecule has 0 fully saturated rings. The number of carbonyl (C=O) groups is 1. The van der Waals surface area contributed by atoms with Gasteiger partial charge in [0.1, 0.15) is 0 Å². The monoisotopic (exact) mass is 237 g/mol. The van der Waals surface area contributed by atoms with E-state index in [1.54, 1.807) is 6.92 Å². The minimum atomic E-state index is -3.36. The second-order valence-corrected chi connectivity index (χ2v) is 5.79. The van der Waals surface area contributed by atoms with E-state index in [1.807, 2.05) is 0 Å². The Kier molecular flexibility index (Phi) is 5.77. The molecule has 1 unspecified atom stereocenters. The summed E-state index contributed by atoms with van der Waals surface area (Å²) < 4.78 is 24.5. The molecule has 0 rings (SSSR count). The summed E-state index contributed by atoms with van der Waals surface area (Å²) >= 11 is 0. The van der Waals surface area contributed by atoms with Crippen molar-refractivity contribution in [1.29, 1.82) is 0 Å². The van der Waals surface area contributed by atoms with E-state index in [2.05, 4.69) is 5.32 Å². The highest BCUT2D eigenvalue weighted by atomic mass is 32.2. The van der Waals surface area contributed by atoms with Gasteiger partial charge >= 0.3 is 0 Å². The van der Waals surface area contributed by atoms with Crippen LogP contribution in [0.15, 0.2) is 0 Å². The molecule has 0 spiro atoms. The maximum Gasteiger partial charge on any atom is 0.221 e. The topological polar surface area (TPSA) is 92.5 Å². The molecule has 0 heterocycles. The second-order valence-electron chi connectivity index (χ2n) is 3.34. The molecular formula is C8H19N3O3S. The van der Waals surface area contributed by atoms with Gasteiger partial charge in [0.2, 0.25) is 15.9 Å². The first-order chi connectivity index (χ1) is 6.86. The molecule has 0 aromatic heterocycles. The minimum Gasteiger partial charge on any atom is -0.359 e. The number of hydrogen-bond donors (Lipinski definition) is 2. The van der Waals surface area contributed by atoms with Crippen LogP contribution in [-0.2, 0) is 14.8 Å². The summed E-state index contributed by atoms with van der Waals surface area (Å²) in [6.07, 6.45) is 0.156. The average molecular weight is 237 g/mol. The van der Waals surface area contributed by atoms with E-state index in [-0.39, 0.29) is 25.4 Å². The molecule has 0 aliphatic rings. The fourth-order valence-electron chi connectivity index (χ4n) is 0.940. The highest BCUT2D eigenvalue weighted by molar-refractivity contribution is 7.89. The van der Waals surface area contributed by atoms with Gasteiger partial charge in [-0.1, -0.05) is 0 Å². The zero-order valence-corrected chi connectivity index (χ0v) is 10.2. The molecule has 0 radical (unpaired) electrons. The van der Waals surface area contributed by atoms with E-state index >= 15 is 0 Å². The Balaban J connectivity index is 4.32. The van der Waals surface area contributed by atoms with Gasteiger partial charge in [-0.3, -0.25) is 4.79 Å². The third-order valence-corrected chi connectivity index (χ3v) is 4.47. The van der Waals surface area contributed by atoms with Crippen molar-refractivity contribution in [2.75, 3.05) is 27.2 Å². The van der Waals surface area contributed by atoms with Crippen molar-refractivity contribution >= 4 is 15.9 Å². The first-order valence-corrected chi connectivity index (χ1v) is 6.22. The van der Waals surface area contributed by atoms with Gasteiger partial charge in [-0.25, -0.2) is 12.7 Å². The maximum atomic E-state index is 11.7. The van der Waals surface area contributed by atoms with Gasteiger partial charge in [0.25, 0.3) is 0 Å². The first-order valence-electron chi connectivity index (χ1n) is 4.72. The largest absolute Gasteiger partial charge is 0.359 e. The van der Waals surface area contributed by atoms with Gasteiger partial charge in [0.15, 0.2) is 0 Å². The lowest BCUT2D eigenvalue weighted by molar-refractivity contribution is -0.120. The zero-order chi connectivity index (χ0) is 12.1. The van der Waals surface area contributed by atoms with E-state index in [0.717, 1.165) is 0 Å². The van der Waals surface area contributed by atoms with Crippen LogP contribution in [0.2, 0.25) is 0 Å². The Morgan fingerprint density at radius 3 is 2.47 bits per heavy atom. The van der Waals surface area contributed by atoms with Gasteiger partial charge < -0.3 is 11.1 Å². The summed E-state index contributed by atoms with van der Waals surface area (Å²) in [5, 5.41) is 1.81. The van der Waals surface area contributed by atoms with Crippen molar-refractivity contribution in [1.82, 2.24) is 9.62 Å². The zero-order valence-electron chi connectivity index (χ0n) is 9.36. The van der Waals surface area contributed by atoms with Gasteiger partial charge in [0.05, 0.1) is 5.25 Å². The van der Waals surface area contributed by atoms with Crippen molar-refractivity contribution in [3.63, 3.8) is 0 Å². The molecule has 0 saturated carbocycles. The summed E-state index contributed by atoms with van der Waals surface area (Å²) in [6, 6.07) is 0. The van der Waals surface area contributed by atoms with E-state index in [1.165, 1.54) is 18.4 Å². The number of nitrogens with zero attached hydrogens (tertiary/aromatic N) is 1. The summed E-state index contributed by atoms with van der Waals surface area (Å²) in [5.41, 5.74) is 5.29. The van der Waals surface area contributed by atoms with E-state index in [9.17, 15) is 13.2 Å². The van der Waals surface area contributed by atoms with Gasteiger partial charge in [0, 0.05) is 33.6 Å². The Labute approximate surface area is 90.9 Å². The lowest BCUT2D eigenvalue weighted by Gasteiger charge is -2.20. The smallest absolute Gasteiger partial charge is 0.221 e. The van der Waals surface area contributed by atoms with Crippen LogP contribution in [0.3, 0.4) is 0 Å². The lowest BCUT2D eigenvalue weighted by atomic mass is 10.4. The molecule has 0 saturated heterocycles. The molecule has 3 N–H and O–H groups in total. The molecule has 0 aliphatic carbocycles. The van der Waals surface area contributed by atoms with Gasteiger partial charge in [-0.2, -0.15) is 0 Å². The molecule has 7 heteroatoms. The van der Waals surface area contributed by atoms with Gasteiger partial charge in [-0.15, -0.1) is 0 Å². The van der Waals surface area contributed by atoms with E-state index < -0.39 is 15.3 Å². The fourth-order valence-corrected chi connectivity index (χ4v) is 2.14. The van der Waals surface area contributed by atoms with Gasteiger partial charge in [-0.05, 0) is 6.92 Å². The molecule has 90 valence electrons. The number of rotatable bonds is 6. The summed E-state index contributed by atoms with van der Waals surface area (Å²) in [5.74, 6) is -0.183. The van der Waals surface area contributed by atoms with Crippen molar-refractivity contribution in [3.05, 3.63) is 0 Å². The predicted molar refractivity (Wildman–Crippen MR) is 58.7 cm³/mol. The molecule has 0 aromatic rings. The maximum absolute atomic E-state index is 11.7. The Morgan fingerprint density at radius 2 is 2.07 bits per heavy atom. The Bertz CT molecular complexity index is 302. The number of nitrogens with two attached hydrogens (primary N) is 1. The number of sulfonamides is 1. The van der Waals surface area contributed by atoms with Crippen molar-refractivity contribution in [2.45, 2.75) is 18.6 Å². The van der Waals surface area contributed by atoms with Crippen LogP contribution in [0.5, 0.6) is 0 Å². The molecule has 15 heavy (non-hydrogen) atoms. The summed E-state index contributed by atoms with van der Waals surface area (Å²) in [7, 11) is -0.403. The molecule has 0 aromatic carbocycles. The molecular weight excluding hydrogens is 218 g/mol. The second kappa shape index (κ2) is 6.04. The van der Waals surface area contributed by atoms with Crippen LogP contribution in [-0.4, -0.2) is 51.1 Å². The van der Waals surface area contributed by atoms with Crippen LogP contribution in [0.4, 0.5) is 0 Å². The average Bonchev–Trinajstić information content (AvgIpc) is 2.23. The standard InChI is InChI=1S/C8H19N3O3S/c1-7(6-9)15(13,14)11(3)5-4-8(12)10-2/h7H,4-6,9H2,1-3H3,(H,10,12). The molecule has 1 amide bonds. The van der Waals surface area contributed by atoms with E-state index in [4.69, 9.17) is 5.73 Å². The lowest BCUT2D eigenvalue weighted by Crippen LogP contribution is -2.40. The first kappa shape index (κ1) is 14.3. The Hall–Kier alpha value is -0.660. The van der Waals surface area contributed by atoms with Crippen LogP contribution < -0.4 is 11.1 Å². The van der Waals surface area contributed by atoms with Crippen LogP contribution in [0, 0.1) is 0 Å². The quantitative estimate of drug-likeness (QED) is 0.602. The van der Waals surface area contributed by atoms with Crippen LogP contribution in [0.1, 0.15) is 13.3 Å². The molecule has 0 aliphatic heterocycles. The fraction of sp³-hybridized carbons (Fsp3) is 0.875. The predicted octanol–water partition coefficient (Wildman–Crippen LogP) is -1.27. The van der Waals surface area contributed by atoms with Crippen molar-refractivity contribution in [2.24, 2.45) is 5.73 Å². The number of hydrogen-bond acceptors (Lipinski definition) is 4. The van der Waals surface area contributed by atoms with E-state index in [0.29, 0.717) is 0 Å². The number of carbonyl (C=O) groups excluding carboxylic acids is 1. The third-order valence-electron chi connectivity index (χ3n) is 2.21. The molecule has 0 bridgehead atoms. The highest BCUT2D eigenvalue weighted by Crippen LogP contribution is 2.05. The third kappa shape index (κ3) is 4.15. The van der Waals surface area contributed by atoms with Crippen LogP contribution in [0.25, 0.3) is 0 Å². The molecule has 6 nitrogen and oxygen atoms in total. The Morgan fingerprint density at radius 1 is 1.53 bits per heavy atom. The summed E-state index contributed by atoms with van der Waals surface area (Å²) in [6.45, 7) is 1.80. The van der Waals surface area contributed by atoms with Crippen LogP contribution >= 0.6 is 0 Å². The minimum absolute atomic E-state index is 0.0760. The normalized spacial score (nSPS) is 13.9. The highest BCUT2D eigenvalue weighted by Gasteiger charge is 2.24. The molecule has 1 atom stereocenters. The van der Waals surface area contributed by atoms with Crippen molar-refractivity contribution in [3.8, 4) is 0 Å². The summed E-state index contributed by atoms with van der Waals surface area (Å²) in [4.78, 5) is 10.9. The number of nitrogens with one attached hydrogen (secondary N) is 1. The number of amides is 1. The van der Waals surface area contributed by atoms with Crippen molar-refractivity contribution < 1.29 is 13.2 Å². The SMILES string of the molecule is CNC(=O)CCN(C)S(=O)(=O)C(C)CN.